The summed E-state index contributed by atoms with van der Waals surface area (Å²) in [6, 6.07) is 2.20. The Bertz CT molecular complexity index is 420. The molecule has 2 atom stereocenters. The number of rotatable bonds is 2. The molecule has 4 heteroatoms. The third kappa shape index (κ3) is 2.40. The summed E-state index contributed by atoms with van der Waals surface area (Å²) >= 11 is 0. The number of piperidine rings is 1. The minimum atomic E-state index is -0.904. The number of hydrogen-bond donors (Lipinski definition) is 1. The zero-order chi connectivity index (χ0) is 12.4. The lowest BCUT2D eigenvalue weighted by Crippen LogP contribution is -2.41. The number of hydrogen-bond acceptors (Lipinski definition) is 3. The Hall–Kier alpha value is -1.58. The Labute approximate surface area is 101 Å². The van der Waals surface area contributed by atoms with Crippen LogP contribution in [0, 0.1) is 5.92 Å². The molecule has 92 valence electrons. The molecule has 17 heavy (non-hydrogen) atoms. The first-order valence-corrected chi connectivity index (χ1v) is 6.03. The van der Waals surface area contributed by atoms with Crippen molar-refractivity contribution in [3.63, 3.8) is 0 Å². The number of nitrogens with zero attached hydrogens (tertiary/aromatic N) is 2. The van der Waals surface area contributed by atoms with Gasteiger partial charge in [-0.1, -0.05) is 6.92 Å². The summed E-state index contributed by atoms with van der Waals surface area (Å²) in [4.78, 5) is 17.3. The molecule has 2 unspecified atom stereocenters. The second-order valence-electron chi connectivity index (χ2n) is 4.88. The number of carboxylic acids is 1. The Morgan fingerprint density at radius 2 is 2.24 bits per heavy atom. The molecule has 2 rings (SSSR count). The zero-order valence-electron chi connectivity index (χ0n) is 10.3. The molecular formula is C13H18N2O2. The largest absolute Gasteiger partial charge is 0.478 e. The van der Waals surface area contributed by atoms with E-state index in [1.807, 2.05) is 0 Å². The van der Waals surface area contributed by atoms with Crippen LogP contribution >= 0.6 is 0 Å². The van der Waals surface area contributed by atoms with E-state index in [0.717, 1.165) is 18.7 Å². The van der Waals surface area contributed by atoms with Gasteiger partial charge in [0.15, 0.2) is 0 Å². The van der Waals surface area contributed by atoms with E-state index in [0.29, 0.717) is 17.5 Å². The van der Waals surface area contributed by atoms with Crippen LogP contribution in [0.4, 0.5) is 5.69 Å². The highest BCUT2D eigenvalue weighted by Crippen LogP contribution is 2.29. The molecule has 0 aliphatic carbocycles. The number of carboxylic acid groups (broad SMARTS) is 1. The Kier molecular flexibility index (Phi) is 3.31. The molecule has 1 fully saturated rings. The van der Waals surface area contributed by atoms with Crippen molar-refractivity contribution in [2.24, 2.45) is 5.92 Å². The molecule has 2 heterocycles. The molecule has 0 spiro atoms. The van der Waals surface area contributed by atoms with E-state index in [9.17, 15) is 9.90 Å². The Balaban J connectivity index is 2.35. The van der Waals surface area contributed by atoms with Gasteiger partial charge in [-0.25, -0.2) is 4.79 Å². The molecule has 1 aromatic rings. The van der Waals surface area contributed by atoms with Gasteiger partial charge < -0.3 is 10.0 Å². The van der Waals surface area contributed by atoms with Crippen LogP contribution in [0.15, 0.2) is 18.5 Å². The third-order valence-electron chi connectivity index (χ3n) is 3.46. The summed E-state index contributed by atoms with van der Waals surface area (Å²) in [6.45, 7) is 5.28. The molecule has 0 aromatic carbocycles. The van der Waals surface area contributed by atoms with E-state index in [1.165, 1.54) is 12.6 Å². The highest BCUT2D eigenvalue weighted by Gasteiger charge is 2.26. The molecule has 0 amide bonds. The molecule has 4 nitrogen and oxygen atoms in total. The van der Waals surface area contributed by atoms with Crippen LogP contribution < -0.4 is 4.90 Å². The van der Waals surface area contributed by atoms with E-state index < -0.39 is 5.97 Å². The van der Waals surface area contributed by atoms with Crippen molar-refractivity contribution in [2.75, 3.05) is 11.4 Å². The van der Waals surface area contributed by atoms with Gasteiger partial charge >= 0.3 is 5.97 Å². The van der Waals surface area contributed by atoms with Gasteiger partial charge in [0.1, 0.15) is 5.56 Å². The third-order valence-corrected chi connectivity index (χ3v) is 3.46. The first-order valence-electron chi connectivity index (χ1n) is 6.03. The average molecular weight is 234 g/mol. The van der Waals surface area contributed by atoms with Crippen LogP contribution in [0.3, 0.4) is 0 Å². The molecule has 1 N–H and O–H groups in total. The lowest BCUT2D eigenvalue weighted by Gasteiger charge is -2.39. The molecule has 1 saturated heterocycles. The van der Waals surface area contributed by atoms with E-state index in [2.05, 4.69) is 23.7 Å². The highest BCUT2D eigenvalue weighted by molar-refractivity contribution is 5.94. The average Bonchev–Trinajstić information content (AvgIpc) is 2.32. The molecular weight excluding hydrogens is 216 g/mol. The number of carbonyl (C=O) groups is 1. The summed E-state index contributed by atoms with van der Waals surface area (Å²) in [5, 5.41) is 9.18. The van der Waals surface area contributed by atoms with Gasteiger partial charge in [0, 0.05) is 25.0 Å². The Morgan fingerprint density at radius 1 is 1.47 bits per heavy atom. The second-order valence-corrected chi connectivity index (χ2v) is 4.88. The maximum atomic E-state index is 11.2. The minimum Gasteiger partial charge on any atom is -0.478 e. The van der Waals surface area contributed by atoms with Crippen LogP contribution in [0.1, 0.15) is 37.0 Å². The summed E-state index contributed by atoms with van der Waals surface area (Å²) in [6.07, 6.45) is 5.42. The van der Waals surface area contributed by atoms with Crippen LogP contribution in [-0.4, -0.2) is 28.6 Å². The van der Waals surface area contributed by atoms with Crippen molar-refractivity contribution in [2.45, 2.75) is 32.7 Å². The summed E-state index contributed by atoms with van der Waals surface area (Å²) in [5.41, 5.74) is 1.10. The lowest BCUT2D eigenvalue weighted by atomic mass is 9.94. The Morgan fingerprint density at radius 3 is 2.94 bits per heavy atom. The maximum absolute atomic E-state index is 11.2. The first kappa shape index (κ1) is 11.9. The predicted molar refractivity (Wildman–Crippen MR) is 66.4 cm³/mol. The second kappa shape index (κ2) is 4.73. The summed E-state index contributed by atoms with van der Waals surface area (Å²) in [7, 11) is 0. The maximum Gasteiger partial charge on any atom is 0.339 e. The number of aromatic nitrogens is 1. The van der Waals surface area contributed by atoms with E-state index in [1.54, 1.807) is 12.3 Å². The molecule has 1 aliphatic heterocycles. The van der Waals surface area contributed by atoms with Crippen LogP contribution in [0.5, 0.6) is 0 Å². The monoisotopic (exact) mass is 234 g/mol. The molecule has 1 aromatic heterocycles. The molecule has 0 saturated carbocycles. The summed E-state index contributed by atoms with van der Waals surface area (Å²) < 4.78 is 0. The predicted octanol–water partition coefficient (Wildman–Crippen LogP) is 2.40. The van der Waals surface area contributed by atoms with Crippen molar-refractivity contribution >= 4 is 11.7 Å². The van der Waals surface area contributed by atoms with E-state index in [4.69, 9.17) is 0 Å². The van der Waals surface area contributed by atoms with Crippen molar-refractivity contribution in [3.8, 4) is 0 Å². The molecule has 1 aliphatic rings. The minimum absolute atomic E-state index is 0.299. The van der Waals surface area contributed by atoms with Crippen LogP contribution in [0.2, 0.25) is 0 Å². The molecule has 0 radical (unpaired) electrons. The van der Waals surface area contributed by atoms with Gasteiger partial charge in [-0.3, -0.25) is 4.98 Å². The highest BCUT2D eigenvalue weighted by atomic mass is 16.4. The van der Waals surface area contributed by atoms with Gasteiger partial charge in [-0.2, -0.15) is 0 Å². The summed E-state index contributed by atoms with van der Waals surface area (Å²) in [5.74, 6) is -0.292. The fourth-order valence-electron chi connectivity index (χ4n) is 2.43. The normalized spacial score (nSPS) is 24.7. The molecule has 0 bridgehead atoms. The SMILES string of the molecule is CC1CCC(C)N(c2ccncc2C(=O)O)C1. The zero-order valence-corrected chi connectivity index (χ0v) is 10.3. The topological polar surface area (TPSA) is 53.4 Å². The van der Waals surface area contributed by atoms with Gasteiger partial charge in [-0.05, 0) is 31.7 Å². The van der Waals surface area contributed by atoms with Gasteiger partial charge in [0.2, 0.25) is 0 Å². The fraction of sp³-hybridized carbons (Fsp3) is 0.538. The van der Waals surface area contributed by atoms with E-state index in [-0.39, 0.29) is 0 Å². The van der Waals surface area contributed by atoms with Gasteiger partial charge in [-0.15, -0.1) is 0 Å². The fourth-order valence-corrected chi connectivity index (χ4v) is 2.43. The quantitative estimate of drug-likeness (QED) is 0.853. The number of pyridine rings is 1. The van der Waals surface area contributed by atoms with Crippen molar-refractivity contribution < 1.29 is 9.90 Å². The van der Waals surface area contributed by atoms with Gasteiger partial charge in [0.05, 0.1) is 5.69 Å². The first-order chi connectivity index (χ1) is 8.09. The smallest absolute Gasteiger partial charge is 0.339 e. The van der Waals surface area contributed by atoms with E-state index >= 15 is 0 Å². The van der Waals surface area contributed by atoms with Crippen molar-refractivity contribution in [1.82, 2.24) is 4.98 Å². The van der Waals surface area contributed by atoms with Crippen LogP contribution in [-0.2, 0) is 0 Å². The van der Waals surface area contributed by atoms with Gasteiger partial charge in [0.25, 0.3) is 0 Å². The van der Waals surface area contributed by atoms with Crippen molar-refractivity contribution in [1.29, 1.82) is 0 Å². The van der Waals surface area contributed by atoms with Crippen molar-refractivity contribution in [3.05, 3.63) is 24.0 Å². The lowest BCUT2D eigenvalue weighted by molar-refractivity contribution is 0.0697. The van der Waals surface area contributed by atoms with Crippen LogP contribution in [0.25, 0.3) is 0 Å². The standard InChI is InChI=1S/C13H18N2O2/c1-9-3-4-10(2)15(8-9)12-5-6-14-7-11(12)13(16)17/h5-7,9-10H,3-4,8H2,1-2H3,(H,16,17). The number of anilines is 1. The number of aromatic carboxylic acids is 1.